The molecular formula is C7H15N. The quantitative estimate of drug-likeness (QED) is 0.552. The maximum atomic E-state index is 5.23. The van der Waals surface area contributed by atoms with E-state index < -0.39 is 0 Å². The van der Waals surface area contributed by atoms with Crippen LogP contribution < -0.4 is 5.73 Å². The molecule has 1 nitrogen and oxygen atoms in total. The molecule has 0 bridgehead atoms. The highest BCUT2D eigenvalue weighted by molar-refractivity contribution is 4.82. The van der Waals surface area contributed by atoms with E-state index in [-0.39, 0.29) is 0 Å². The van der Waals surface area contributed by atoms with Gasteiger partial charge in [0.1, 0.15) is 0 Å². The lowest BCUT2D eigenvalue weighted by Crippen LogP contribution is -1.92. The Labute approximate surface area is 51.6 Å². The maximum absolute atomic E-state index is 5.23. The molecule has 0 aliphatic heterocycles. The van der Waals surface area contributed by atoms with Crippen molar-refractivity contribution in [3.05, 3.63) is 12.2 Å². The molecule has 0 radical (unpaired) electrons. The first-order chi connectivity index (χ1) is 3.77. The number of nitrogens with two attached hydrogens (primary N) is 1. The summed E-state index contributed by atoms with van der Waals surface area (Å²) in [6, 6.07) is 0. The summed E-state index contributed by atoms with van der Waals surface area (Å²) >= 11 is 0. The van der Waals surface area contributed by atoms with Gasteiger partial charge in [0.25, 0.3) is 0 Å². The highest BCUT2D eigenvalue weighted by Gasteiger charge is 1.84. The Morgan fingerprint density at radius 2 is 2.00 bits per heavy atom. The summed E-state index contributed by atoms with van der Waals surface area (Å²) in [5.41, 5.74) is 5.23. The monoisotopic (exact) mass is 113 g/mol. The second-order valence-electron chi connectivity index (χ2n) is 2.34. The van der Waals surface area contributed by atoms with Crippen molar-refractivity contribution < 1.29 is 0 Å². The van der Waals surface area contributed by atoms with Gasteiger partial charge in [-0.1, -0.05) is 26.0 Å². The lowest BCUT2D eigenvalue weighted by Gasteiger charge is -1.94. The van der Waals surface area contributed by atoms with E-state index >= 15 is 0 Å². The minimum absolute atomic E-state index is 0.673. The zero-order chi connectivity index (χ0) is 6.41. The van der Waals surface area contributed by atoms with Gasteiger partial charge in [-0.3, -0.25) is 0 Å². The molecule has 0 unspecified atom stereocenters. The first kappa shape index (κ1) is 7.70. The highest BCUT2D eigenvalue weighted by Crippen LogP contribution is 1.98. The Kier molecular flexibility index (Phi) is 4.67. The lowest BCUT2D eigenvalue weighted by atomic mass is 10.1. The van der Waals surface area contributed by atoms with E-state index in [1.807, 2.05) is 6.08 Å². The van der Waals surface area contributed by atoms with Crippen molar-refractivity contribution in [1.29, 1.82) is 0 Å². The van der Waals surface area contributed by atoms with Crippen LogP contribution in [-0.4, -0.2) is 6.54 Å². The molecule has 0 aromatic rings. The van der Waals surface area contributed by atoms with Gasteiger partial charge in [-0.05, 0) is 12.3 Å². The van der Waals surface area contributed by atoms with Crippen LogP contribution in [0.15, 0.2) is 12.2 Å². The molecule has 2 N–H and O–H groups in total. The molecule has 0 aliphatic rings. The average molecular weight is 113 g/mol. The van der Waals surface area contributed by atoms with Crippen LogP contribution in [0.2, 0.25) is 0 Å². The van der Waals surface area contributed by atoms with Crippen molar-refractivity contribution in [1.82, 2.24) is 0 Å². The molecule has 8 heavy (non-hydrogen) atoms. The summed E-state index contributed by atoms with van der Waals surface area (Å²) in [4.78, 5) is 0. The van der Waals surface area contributed by atoms with Crippen LogP contribution in [0.5, 0.6) is 0 Å². The standard InChI is InChI=1S/C7H15N/c1-7(2)5-3-4-6-8/h3-4,7H,5-6,8H2,1-2H3/b4-3+. The molecule has 0 saturated carbocycles. The Bertz CT molecular complexity index is 64.8. The average Bonchev–Trinajstić information content (AvgIpc) is 1.66. The van der Waals surface area contributed by atoms with E-state index in [1.165, 1.54) is 0 Å². The van der Waals surface area contributed by atoms with Gasteiger partial charge in [-0.25, -0.2) is 0 Å². The number of allylic oxidation sites excluding steroid dienone is 1. The van der Waals surface area contributed by atoms with Crippen LogP contribution in [0.1, 0.15) is 20.3 Å². The fraction of sp³-hybridized carbons (Fsp3) is 0.714. The van der Waals surface area contributed by atoms with E-state index in [9.17, 15) is 0 Å². The van der Waals surface area contributed by atoms with E-state index in [4.69, 9.17) is 5.73 Å². The summed E-state index contributed by atoms with van der Waals surface area (Å²) < 4.78 is 0. The number of hydrogen-bond donors (Lipinski definition) is 1. The summed E-state index contributed by atoms with van der Waals surface area (Å²) in [5, 5.41) is 0. The highest BCUT2D eigenvalue weighted by atomic mass is 14.5. The molecule has 0 aliphatic carbocycles. The zero-order valence-electron chi connectivity index (χ0n) is 5.72. The number of hydrogen-bond acceptors (Lipinski definition) is 1. The van der Waals surface area contributed by atoms with Gasteiger partial charge in [0.05, 0.1) is 0 Å². The van der Waals surface area contributed by atoms with Crippen LogP contribution >= 0.6 is 0 Å². The van der Waals surface area contributed by atoms with Crippen molar-refractivity contribution in [2.75, 3.05) is 6.54 Å². The largest absolute Gasteiger partial charge is 0.327 e. The fourth-order valence-corrected chi connectivity index (χ4v) is 0.465. The summed E-state index contributed by atoms with van der Waals surface area (Å²) in [6.07, 6.45) is 5.28. The third-order valence-corrected chi connectivity index (χ3v) is 0.910. The number of rotatable bonds is 3. The van der Waals surface area contributed by atoms with Crippen molar-refractivity contribution >= 4 is 0 Å². The van der Waals surface area contributed by atoms with Gasteiger partial charge >= 0.3 is 0 Å². The van der Waals surface area contributed by atoms with Gasteiger partial charge in [-0.2, -0.15) is 0 Å². The van der Waals surface area contributed by atoms with Gasteiger partial charge in [0.2, 0.25) is 0 Å². The van der Waals surface area contributed by atoms with Gasteiger partial charge < -0.3 is 5.73 Å². The van der Waals surface area contributed by atoms with Gasteiger partial charge in [-0.15, -0.1) is 0 Å². The summed E-state index contributed by atoms with van der Waals surface area (Å²) in [6.45, 7) is 5.06. The van der Waals surface area contributed by atoms with Crippen molar-refractivity contribution in [2.45, 2.75) is 20.3 Å². The molecule has 0 atom stereocenters. The molecule has 0 heterocycles. The molecule has 48 valence electrons. The molecule has 0 rings (SSSR count). The molecule has 0 amide bonds. The van der Waals surface area contributed by atoms with Crippen LogP contribution in [-0.2, 0) is 0 Å². The predicted molar refractivity (Wildman–Crippen MR) is 37.6 cm³/mol. The minimum atomic E-state index is 0.673. The van der Waals surface area contributed by atoms with Crippen LogP contribution in [0.4, 0.5) is 0 Å². The zero-order valence-corrected chi connectivity index (χ0v) is 5.72. The Morgan fingerprint density at radius 1 is 1.38 bits per heavy atom. The van der Waals surface area contributed by atoms with E-state index in [0.717, 1.165) is 12.3 Å². The molecule has 0 spiro atoms. The molecule has 0 aromatic carbocycles. The normalized spacial score (nSPS) is 11.5. The van der Waals surface area contributed by atoms with E-state index in [2.05, 4.69) is 19.9 Å². The molecule has 0 saturated heterocycles. The molecule has 1 heteroatoms. The SMILES string of the molecule is CC(C)C/C=C/CN. The topological polar surface area (TPSA) is 26.0 Å². The van der Waals surface area contributed by atoms with E-state index in [1.54, 1.807) is 0 Å². The third kappa shape index (κ3) is 5.70. The Balaban J connectivity index is 3.03. The van der Waals surface area contributed by atoms with Crippen molar-refractivity contribution in [3.8, 4) is 0 Å². The molecular weight excluding hydrogens is 98.1 g/mol. The predicted octanol–water partition coefficient (Wildman–Crippen LogP) is 1.55. The Hall–Kier alpha value is -0.300. The van der Waals surface area contributed by atoms with Crippen molar-refractivity contribution in [3.63, 3.8) is 0 Å². The van der Waals surface area contributed by atoms with E-state index in [0.29, 0.717) is 6.54 Å². The molecule has 0 aromatic heterocycles. The minimum Gasteiger partial charge on any atom is -0.327 e. The molecule has 0 fully saturated rings. The first-order valence-electron chi connectivity index (χ1n) is 3.12. The second kappa shape index (κ2) is 4.85. The summed E-state index contributed by atoms with van der Waals surface area (Å²) in [5.74, 6) is 0.762. The first-order valence-corrected chi connectivity index (χ1v) is 3.12. The lowest BCUT2D eigenvalue weighted by molar-refractivity contribution is 0.663. The van der Waals surface area contributed by atoms with Crippen molar-refractivity contribution in [2.24, 2.45) is 11.7 Å². The third-order valence-electron chi connectivity index (χ3n) is 0.910. The summed E-state index contributed by atoms with van der Waals surface area (Å²) in [7, 11) is 0. The smallest absolute Gasteiger partial charge is 0.0106 e. The fourth-order valence-electron chi connectivity index (χ4n) is 0.465. The maximum Gasteiger partial charge on any atom is 0.0106 e. The van der Waals surface area contributed by atoms with Crippen LogP contribution in [0.3, 0.4) is 0 Å². The van der Waals surface area contributed by atoms with Gasteiger partial charge in [0, 0.05) is 6.54 Å². The van der Waals surface area contributed by atoms with Crippen LogP contribution in [0, 0.1) is 5.92 Å². The van der Waals surface area contributed by atoms with Crippen LogP contribution in [0.25, 0.3) is 0 Å². The second-order valence-corrected chi connectivity index (χ2v) is 2.34. The van der Waals surface area contributed by atoms with Gasteiger partial charge in [0.15, 0.2) is 0 Å². The Morgan fingerprint density at radius 3 is 2.38 bits per heavy atom.